The molecule has 120 valence electrons. The fourth-order valence-corrected chi connectivity index (χ4v) is 4.07. The molecule has 0 saturated carbocycles. The first-order valence-corrected chi connectivity index (χ1v) is 8.11. The van der Waals surface area contributed by atoms with Crippen molar-refractivity contribution >= 4 is 39.7 Å². The monoisotopic (exact) mass is 342 g/mol. The molecule has 2 atom stereocenters. The summed E-state index contributed by atoms with van der Waals surface area (Å²) in [4.78, 5) is 13.1. The minimum absolute atomic E-state index is 0. The predicted octanol–water partition coefficient (Wildman–Crippen LogP) is 3.64. The highest BCUT2D eigenvalue weighted by molar-refractivity contribution is 7.21. The largest absolute Gasteiger partial charge is 0.347 e. The molecule has 3 nitrogen and oxygen atoms in total. The molecule has 0 radical (unpaired) electrons. The zero-order valence-corrected chi connectivity index (χ0v) is 14.2. The average molecular weight is 343 g/mol. The summed E-state index contributed by atoms with van der Waals surface area (Å²) in [6.07, 6.45) is 2.05. The maximum atomic E-state index is 13.9. The van der Waals surface area contributed by atoms with Gasteiger partial charge in [0.25, 0.3) is 5.91 Å². The number of benzene rings is 1. The molecule has 1 aromatic heterocycles. The summed E-state index contributed by atoms with van der Waals surface area (Å²) >= 11 is 1.36. The molecule has 1 fully saturated rings. The van der Waals surface area contributed by atoms with Crippen molar-refractivity contribution in [1.29, 1.82) is 0 Å². The first-order chi connectivity index (χ1) is 10.1. The van der Waals surface area contributed by atoms with Gasteiger partial charge in [-0.1, -0.05) is 6.07 Å². The van der Waals surface area contributed by atoms with E-state index in [1.54, 1.807) is 6.07 Å². The van der Waals surface area contributed by atoms with E-state index in [1.165, 1.54) is 17.4 Å². The average Bonchev–Trinajstić information content (AvgIpc) is 2.80. The summed E-state index contributed by atoms with van der Waals surface area (Å²) in [5, 5.41) is 7.03. The Kier molecular flexibility index (Phi) is 5.42. The summed E-state index contributed by atoms with van der Waals surface area (Å²) < 4.78 is 14.7. The van der Waals surface area contributed by atoms with E-state index in [0.717, 1.165) is 29.6 Å². The number of hydrogen-bond donors (Lipinski definition) is 2. The van der Waals surface area contributed by atoms with Gasteiger partial charge in [-0.05, 0) is 50.9 Å². The van der Waals surface area contributed by atoms with Crippen molar-refractivity contribution in [3.63, 3.8) is 0 Å². The van der Waals surface area contributed by atoms with Crippen LogP contribution in [0.2, 0.25) is 0 Å². The zero-order chi connectivity index (χ0) is 15.0. The second-order valence-electron chi connectivity index (χ2n) is 5.63. The number of carbonyl (C=O) groups is 1. The van der Waals surface area contributed by atoms with E-state index in [4.69, 9.17) is 0 Å². The number of piperidine rings is 1. The Bertz CT molecular complexity index is 688. The Hall–Kier alpha value is -1.17. The molecule has 1 aromatic carbocycles. The molecule has 1 aliphatic heterocycles. The lowest BCUT2D eigenvalue weighted by molar-refractivity contribution is 0.0923. The molecule has 22 heavy (non-hydrogen) atoms. The lowest BCUT2D eigenvalue weighted by atomic mass is 9.99. The first-order valence-electron chi connectivity index (χ1n) is 7.30. The Labute approximate surface area is 139 Å². The van der Waals surface area contributed by atoms with Crippen molar-refractivity contribution in [2.45, 2.75) is 38.8 Å². The third-order valence-electron chi connectivity index (χ3n) is 4.19. The van der Waals surface area contributed by atoms with E-state index in [2.05, 4.69) is 17.6 Å². The molecule has 1 amide bonds. The van der Waals surface area contributed by atoms with Gasteiger partial charge in [0.1, 0.15) is 5.82 Å². The van der Waals surface area contributed by atoms with Crippen LogP contribution in [0.5, 0.6) is 0 Å². The van der Waals surface area contributed by atoms with E-state index >= 15 is 0 Å². The van der Waals surface area contributed by atoms with E-state index in [-0.39, 0.29) is 36.2 Å². The maximum Gasteiger partial charge on any atom is 0.261 e. The Morgan fingerprint density at radius 3 is 2.91 bits per heavy atom. The molecule has 0 bridgehead atoms. The second kappa shape index (κ2) is 6.94. The number of carbonyl (C=O) groups excluding carboxylic acids is 1. The molecule has 2 aromatic rings. The third kappa shape index (κ3) is 3.12. The highest BCUT2D eigenvalue weighted by Gasteiger charge is 2.25. The summed E-state index contributed by atoms with van der Waals surface area (Å²) in [6.45, 7) is 4.90. The minimum Gasteiger partial charge on any atom is -0.347 e. The lowest BCUT2D eigenvalue weighted by Gasteiger charge is -2.30. The van der Waals surface area contributed by atoms with E-state index < -0.39 is 0 Å². The first kappa shape index (κ1) is 17.2. The number of aryl methyl sites for hydroxylation is 1. The number of amides is 1. The van der Waals surface area contributed by atoms with E-state index in [0.29, 0.717) is 10.3 Å². The van der Waals surface area contributed by atoms with Gasteiger partial charge in [-0.25, -0.2) is 4.39 Å². The molecule has 2 N–H and O–H groups in total. The fraction of sp³-hybridized carbons (Fsp3) is 0.438. The molecule has 1 saturated heterocycles. The maximum absolute atomic E-state index is 13.9. The third-order valence-corrected chi connectivity index (χ3v) is 5.44. The molecule has 3 rings (SSSR count). The second-order valence-corrected chi connectivity index (χ2v) is 6.69. The highest BCUT2D eigenvalue weighted by Crippen LogP contribution is 2.32. The van der Waals surface area contributed by atoms with Crippen LogP contribution in [0, 0.1) is 12.7 Å². The quantitative estimate of drug-likeness (QED) is 0.874. The fourth-order valence-electron chi connectivity index (χ4n) is 2.95. The van der Waals surface area contributed by atoms with Crippen molar-refractivity contribution in [3.05, 3.63) is 34.5 Å². The van der Waals surface area contributed by atoms with Crippen molar-refractivity contribution in [2.75, 3.05) is 6.54 Å². The number of halogens is 2. The zero-order valence-electron chi connectivity index (χ0n) is 12.6. The smallest absolute Gasteiger partial charge is 0.261 e. The van der Waals surface area contributed by atoms with Gasteiger partial charge in [0, 0.05) is 22.2 Å². The van der Waals surface area contributed by atoms with Crippen molar-refractivity contribution in [2.24, 2.45) is 0 Å². The SMILES string of the molecule is Cc1c(C(=O)NC2CCCNC2C)sc2cccc(F)c12.Cl. The van der Waals surface area contributed by atoms with Crippen LogP contribution < -0.4 is 10.6 Å². The van der Waals surface area contributed by atoms with E-state index in [1.807, 2.05) is 13.0 Å². The summed E-state index contributed by atoms with van der Waals surface area (Å²) in [7, 11) is 0. The molecule has 2 unspecified atom stereocenters. The van der Waals surface area contributed by atoms with Crippen molar-refractivity contribution in [3.8, 4) is 0 Å². The molecule has 1 aliphatic rings. The van der Waals surface area contributed by atoms with Gasteiger partial charge < -0.3 is 10.6 Å². The molecule has 2 heterocycles. The van der Waals surface area contributed by atoms with Crippen LogP contribution in [0.15, 0.2) is 18.2 Å². The number of hydrogen-bond acceptors (Lipinski definition) is 3. The van der Waals surface area contributed by atoms with Gasteiger partial charge in [0.2, 0.25) is 0 Å². The van der Waals surface area contributed by atoms with Crippen LogP contribution in [-0.2, 0) is 0 Å². The van der Waals surface area contributed by atoms with Gasteiger partial charge in [-0.3, -0.25) is 4.79 Å². The molecule has 0 aliphatic carbocycles. The molecular weight excluding hydrogens is 323 g/mol. The molecule has 6 heteroatoms. The van der Waals surface area contributed by atoms with Crippen LogP contribution in [0.1, 0.15) is 35.0 Å². The molecule has 0 spiro atoms. The Balaban J connectivity index is 0.00000176. The van der Waals surface area contributed by atoms with Crippen LogP contribution in [0.4, 0.5) is 4.39 Å². The van der Waals surface area contributed by atoms with Gasteiger partial charge in [-0.2, -0.15) is 0 Å². The summed E-state index contributed by atoms with van der Waals surface area (Å²) in [5.41, 5.74) is 0.738. The lowest BCUT2D eigenvalue weighted by Crippen LogP contribution is -2.51. The Morgan fingerprint density at radius 2 is 2.23 bits per heavy atom. The van der Waals surface area contributed by atoms with Crippen LogP contribution in [-0.4, -0.2) is 24.5 Å². The predicted molar refractivity (Wildman–Crippen MR) is 91.7 cm³/mol. The van der Waals surface area contributed by atoms with Crippen molar-refractivity contribution < 1.29 is 9.18 Å². The number of fused-ring (bicyclic) bond motifs is 1. The normalized spacial score (nSPS) is 21.4. The van der Waals surface area contributed by atoms with Crippen molar-refractivity contribution in [1.82, 2.24) is 10.6 Å². The summed E-state index contributed by atoms with van der Waals surface area (Å²) in [6, 6.07) is 5.39. The summed E-state index contributed by atoms with van der Waals surface area (Å²) in [5.74, 6) is -0.346. The van der Waals surface area contributed by atoms with Gasteiger partial charge in [0.15, 0.2) is 0 Å². The highest BCUT2D eigenvalue weighted by atomic mass is 35.5. The van der Waals surface area contributed by atoms with Gasteiger partial charge in [-0.15, -0.1) is 23.7 Å². The minimum atomic E-state index is -0.256. The van der Waals surface area contributed by atoms with Crippen LogP contribution in [0.3, 0.4) is 0 Å². The topological polar surface area (TPSA) is 41.1 Å². The van der Waals surface area contributed by atoms with Gasteiger partial charge in [0.05, 0.1) is 4.88 Å². The van der Waals surface area contributed by atoms with Gasteiger partial charge >= 0.3 is 0 Å². The number of thiophene rings is 1. The number of nitrogens with one attached hydrogen (secondary N) is 2. The van der Waals surface area contributed by atoms with Crippen LogP contribution >= 0.6 is 23.7 Å². The number of rotatable bonds is 2. The Morgan fingerprint density at radius 1 is 1.45 bits per heavy atom. The van der Waals surface area contributed by atoms with Crippen LogP contribution in [0.25, 0.3) is 10.1 Å². The van der Waals surface area contributed by atoms with E-state index in [9.17, 15) is 9.18 Å². The molecular formula is C16H20ClFN2OS. The standard InChI is InChI=1S/C16H19FN2OS.ClH/c1-9-14-11(17)5-3-7-13(14)21-15(9)16(20)19-12-6-4-8-18-10(12)2;/h3,5,7,10,12,18H,4,6,8H2,1-2H3,(H,19,20);1H.